The van der Waals surface area contributed by atoms with E-state index in [0.29, 0.717) is 16.4 Å². The summed E-state index contributed by atoms with van der Waals surface area (Å²) >= 11 is 1.29. The van der Waals surface area contributed by atoms with Gasteiger partial charge < -0.3 is 19.5 Å². The van der Waals surface area contributed by atoms with Crippen LogP contribution in [0.25, 0.3) is 0 Å². The molecule has 1 aromatic carbocycles. The summed E-state index contributed by atoms with van der Waals surface area (Å²) in [5, 5.41) is 3.41. The standard InChI is InChI=1S/C22H23N3O3S/c1-16-5-7-17(8-6-16)24-11-3-12-25(14-13-24)22(27)19-9-10-20(29-19)23-21(26)18-4-2-15-28-18/h2,4-10,15H,3,11-14H2,1H3,(H,23,26). The van der Waals surface area contributed by atoms with Crippen molar-refractivity contribution in [1.29, 1.82) is 0 Å². The summed E-state index contributed by atoms with van der Waals surface area (Å²) in [6, 6.07) is 15.3. The van der Waals surface area contributed by atoms with Crippen molar-refractivity contribution in [3.8, 4) is 0 Å². The molecule has 1 aliphatic heterocycles. The summed E-state index contributed by atoms with van der Waals surface area (Å²) in [5.74, 6) is -0.0615. The minimum Gasteiger partial charge on any atom is -0.459 e. The van der Waals surface area contributed by atoms with Crippen molar-refractivity contribution < 1.29 is 14.0 Å². The van der Waals surface area contributed by atoms with Crippen LogP contribution in [0.3, 0.4) is 0 Å². The Balaban J connectivity index is 1.38. The van der Waals surface area contributed by atoms with Crippen LogP contribution in [0.1, 0.15) is 32.2 Å². The molecule has 0 spiro atoms. The largest absolute Gasteiger partial charge is 0.459 e. The molecular weight excluding hydrogens is 386 g/mol. The third-order valence-corrected chi connectivity index (χ3v) is 5.97. The fourth-order valence-electron chi connectivity index (χ4n) is 3.39. The van der Waals surface area contributed by atoms with E-state index in [1.807, 2.05) is 4.90 Å². The summed E-state index contributed by atoms with van der Waals surface area (Å²) in [5.41, 5.74) is 2.44. The van der Waals surface area contributed by atoms with E-state index in [0.717, 1.165) is 26.1 Å². The molecule has 4 rings (SSSR count). The number of anilines is 2. The summed E-state index contributed by atoms with van der Waals surface area (Å²) in [6.45, 7) is 5.23. The van der Waals surface area contributed by atoms with Crippen molar-refractivity contribution in [3.05, 3.63) is 71.0 Å². The quantitative estimate of drug-likeness (QED) is 0.699. The van der Waals surface area contributed by atoms with Gasteiger partial charge in [-0.2, -0.15) is 0 Å². The lowest BCUT2D eigenvalue weighted by atomic mass is 10.2. The number of hydrogen-bond donors (Lipinski definition) is 1. The van der Waals surface area contributed by atoms with E-state index in [9.17, 15) is 9.59 Å². The van der Waals surface area contributed by atoms with Crippen LogP contribution in [0, 0.1) is 6.92 Å². The SMILES string of the molecule is Cc1ccc(N2CCCN(C(=O)c3ccc(NC(=O)c4ccco4)s3)CC2)cc1. The van der Waals surface area contributed by atoms with E-state index in [4.69, 9.17) is 4.42 Å². The first kappa shape index (κ1) is 19.3. The number of carbonyl (C=O) groups is 2. The Bertz CT molecular complexity index is 979. The van der Waals surface area contributed by atoms with Crippen LogP contribution < -0.4 is 10.2 Å². The maximum atomic E-state index is 13.0. The highest BCUT2D eigenvalue weighted by Crippen LogP contribution is 2.25. The van der Waals surface area contributed by atoms with E-state index < -0.39 is 0 Å². The Hall–Kier alpha value is -3.06. The number of benzene rings is 1. The van der Waals surface area contributed by atoms with Crippen molar-refractivity contribution in [2.75, 3.05) is 36.4 Å². The highest BCUT2D eigenvalue weighted by molar-refractivity contribution is 7.18. The van der Waals surface area contributed by atoms with E-state index >= 15 is 0 Å². The number of thiophene rings is 1. The van der Waals surface area contributed by atoms with E-state index in [-0.39, 0.29) is 17.6 Å². The lowest BCUT2D eigenvalue weighted by Gasteiger charge is -2.23. The fourth-order valence-corrected chi connectivity index (χ4v) is 4.26. The fraction of sp³-hybridized carbons (Fsp3) is 0.273. The van der Waals surface area contributed by atoms with E-state index in [2.05, 4.69) is 41.4 Å². The molecule has 1 saturated heterocycles. The molecule has 1 N–H and O–H groups in total. The van der Waals surface area contributed by atoms with Gasteiger partial charge in [0, 0.05) is 31.9 Å². The molecule has 6 nitrogen and oxygen atoms in total. The second-order valence-corrected chi connectivity index (χ2v) is 8.15. The van der Waals surface area contributed by atoms with Crippen LogP contribution in [0.15, 0.2) is 59.2 Å². The molecule has 0 atom stereocenters. The highest BCUT2D eigenvalue weighted by Gasteiger charge is 2.22. The number of hydrogen-bond acceptors (Lipinski definition) is 5. The van der Waals surface area contributed by atoms with Crippen molar-refractivity contribution in [2.45, 2.75) is 13.3 Å². The second kappa shape index (κ2) is 8.53. The van der Waals surface area contributed by atoms with Crippen LogP contribution in [0.5, 0.6) is 0 Å². The number of aryl methyl sites for hydroxylation is 1. The van der Waals surface area contributed by atoms with Gasteiger partial charge in [-0.25, -0.2) is 0 Å². The van der Waals surface area contributed by atoms with Crippen molar-refractivity contribution in [3.63, 3.8) is 0 Å². The Labute approximate surface area is 173 Å². The predicted octanol–water partition coefficient (Wildman–Crippen LogP) is 4.25. The third kappa shape index (κ3) is 4.51. The molecule has 3 heterocycles. The van der Waals surface area contributed by atoms with Gasteiger partial charge in [0.1, 0.15) is 0 Å². The summed E-state index contributed by atoms with van der Waals surface area (Å²) in [4.78, 5) is 29.9. The first-order valence-electron chi connectivity index (χ1n) is 9.66. The maximum absolute atomic E-state index is 13.0. The molecule has 3 aromatic rings. The first-order chi connectivity index (χ1) is 14.1. The maximum Gasteiger partial charge on any atom is 0.291 e. The molecule has 7 heteroatoms. The Morgan fingerprint density at radius 2 is 1.83 bits per heavy atom. The van der Waals surface area contributed by atoms with Gasteiger partial charge in [0.2, 0.25) is 0 Å². The molecule has 2 amide bonds. The van der Waals surface area contributed by atoms with E-state index in [1.165, 1.54) is 28.9 Å². The van der Waals surface area contributed by atoms with Crippen LogP contribution in [-0.2, 0) is 0 Å². The smallest absolute Gasteiger partial charge is 0.291 e. The second-order valence-electron chi connectivity index (χ2n) is 7.06. The molecule has 0 radical (unpaired) electrons. The van der Waals surface area contributed by atoms with Gasteiger partial charge >= 0.3 is 0 Å². The monoisotopic (exact) mass is 409 g/mol. The number of carbonyl (C=O) groups excluding carboxylic acids is 2. The minimum atomic E-state index is -0.320. The van der Waals surface area contributed by atoms with Crippen molar-refractivity contribution >= 4 is 33.8 Å². The van der Waals surface area contributed by atoms with Crippen LogP contribution >= 0.6 is 11.3 Å². The molecule has 150 valence electrons. The lowest BCUT2D eigenvalue weighted by molar-refractivity contribution is 0.0771. The molecular formula is C22H23N3O3S. The average molecular weight is 410 g/mol. The van der Waals surface area contributed by atoms with Gasteiger partial charge in [0.05, 0.1) is 16.1 Å². The molecule has 29 heavy (non-hydrogen) atoms. The number of nitrogens with zero attached hydrogens (tertiary/aromatic N) is 2. The van der Waals surface area contributed by atoms with Gasteiger partial charge in [-0.3, -0.25) is 9.59 Å². The molecule has 0 unspecified atom stereocenters. The molecule has 1 aliphatic rings. The Kier molecular flexibility index (Phi) is 5.67. The summed E-state index contributed by atoms with van der Waals surface area (Å²) in [7, 11) is 0. The molecule has 1 fully saturated rings. The third-order valence-electron chi connectivity index (χ3n) is 4.98. The normalized spacial score (nSPS) is 14.5. The predicted molar refractivity (Wildman–Crippen MR) is 115 cm³/mol. The van der Waals surface area contributed by atoms with Gasteiger partial charge in [0.25, 0.3) is 11.8 Å². The molecule has 0 saturated carbocycles. The van der Waals surface area contributed by atoms with Gasteiger partial charge in [-0.15, -0.1) is 11.3 Å². The Morgan fingerprint density at radius 1 is 1.00 bits per heavy atom. The highest BCUT2D eigenvalue weighted by atomic mass is 32.1. The van der Waals surface area contributed by atoms with Crippen molar-refractivity contribution in [1.82, 2.24) is 4.90 Å². The molecule has 0 bridgehead atoms. The number of furan rings is 1. The van der Waals surface area contributed by atoms with Gasteiger partial charge in [-0.05, 0) is 49.7 Å². The first-order valence-corrected chi connectivity index (χ1v) is 10.5. The van der Waals surface area contributed by atoms with Crippen LogP contribution in [0.2, 0.25) is 0 Å². The van der Waals surface area contributed by atoms with Crippen LogP contribution in [0.4, 0.5) is 10.7 Å². The summed E-state index contributed by atoms with van der Waals surface area (Å²) in [6.07, 6.45) is 2.38. The summed E-state index contributed by atoms with van der Waals surface area (Å²) < 4.78 is 5.10. The van der Waals surface area contributed by atoms with Crippen LogP contribution in [-0.4, -0.2) is 42.9 Å². The van der Waals surface area contributed by atoms with Gasteiger partial charge in [-0.1, -0.05) is 17.7 Å². The number of amides is 2. The topological polar surface area (TPSA) is 65.8 Å². The van der Waals surface area contributed by atoms with Gasteiger partial charge in [0.15, 0.2) is 5.76 Å². The zero-order chi connectivity index (χ0) is 20.2. The molecule has 2 aromatic heterocycles. The molecule has 0 aliphatic carbocycles. The minimum absolute atomic E-state index is 0.0132. The number of rotatable bonds is 4. The zero-order valence-electron chi connectivity index (χ0n) is 16.3. The lowest BCUT2D eigenvalue weighted by Crippen LogP contribution is -2.34. The van der Waals surface area contributed by atoms with E-state index in [1.54, 1.807) is 24.3 Å². The Morgan fingerprint density at radius 3 is 2.59 bits per heavy atom. The zero-order valence-corrected chi connectivity index (χ0v) is 17.1. The average Bonchev–Trinajstić information content (AvgIpc) is 3.36. The number of nitrogens with one attached hydrogen (secondary N) is 1. The van der Waals surface area contributed by atoms with Crippen molar-refractivity contribution in [2.24, 2.45) is 0 Å².